The normalized spacial score (nSPS) is 11.5. The largest absolute Gasteiger partial charge is 0.497 e. The van der Waals surface area contributed by atoms with Crippen molar-refractivity contribution in [2.75, 3.05) is 11.8 Å². The summed E-state index contributed by atoms with van der Waals surface area (Å²) >= 11 is 0. The van der Waals surface area contributed by atoms with Gasteiger partial charge in [0.15, 0.2) is 5.75 Å². The molecule has 35 heavy (non-hydrogen) atoms. The van der Waals surface area contributed by atoms with Gasteiger partial charge in [0, 0.05) is 20.2 Å². The van der Waals surface area contributed by atoms with Crippen LogP contribution in [0.4, 0.5) is 5.69 Å². The van der Waals surface area contributed by atoms with Gasteiger partial charge in [-0.2, -0.15) is 0 Å². The number of anilines is 1. The third-order valence-electron chi connectivity index (χ3n) is 5.63. The molecule has 182 valence electrons. The second kappa shape index (κ2) is 8.95. The molecule has 1 heterocycles. The first-order valence-corrected chi connectivity index (χ1v) is 12.2. The van der Waals surface area contributed by atoms with E-state index in [0.717, 1.165) is 11.1 Å². The van der Waals surface area contributed by atoms with E-state index in [1.807, 2.05) is 19.9 Å². The van der Waals surface area contributed by atoms with Gasteiger partial charge in [0.05, 0.1) is 28.7 Å². The molecular formula is C25H25N3O6S. The predicted octanol–water partition coefficient (Wildman–Crippen LogP) is 3.46. The highest BCUT2D eigenvalue weighted by molar-refractivity contribution is 7.92. The summed E-state index contributed by atoms with van der Waals surface area (Å²) < 4.78 is 42.8. The van der Waals surface area contributed by atoms with E-state index in [4.69, 9.17) is 9.47 Å². The molecule has 0 radical (unpaired) electrons. The summed E-state index contributed by atoms with van der Waals surface area (Å²) in [6, 6.07) is 14.8. The Kier molecular flexibility index (Phi) is 6.16. The molecule has 0 aliphatic rings. The third-order valence-corrected chi connectivity index (χ3v) is 6.97. The van der Waals surface area contributed by atoms with Crippen LogP contribution in [0.3, 0.4) is 0 Å². The van der Waals surface area contributed by atoms with E-state index in [-0.39, 0.29) is 16.3 Å². The molecule has 0 saturated carbocycles. The summed E-state index contributed by atoms with van der Waals surface area (Å²) in [4.78, 5) is 24.8. The minimum atomic E-state index is -4.00. The van der Waals surface area contributed by atoms with Crippen LogP contribution in [0.1, 0.15) is 11.1 Å². The molecule has 0 amide bonds. The molecule has 0 fully saturated rings. The van der Waals surface area contributed by atoms with E-state index in [1.54, 1.807) is 43.5 Å². The maximum absolute atomic E-state index is 13.3. The summed E-state index contributed by atoms with van der Waals surface area (Å²) in [6.07, 6.45) is 0. The van der Waals surface area contributed by atoms with Crippen molar-refractivity contribution in [2.45, 2.75) is 18.7 Å². The molecule has 0 saturated heterocycles. The maximum atomic E-state index is 13.3. The lowest BCUT2D eigenvalue weighted by Crippen LogP contribution is -2.39. The number of methoxy groups -OCH3 is 1. The van der Waals surface area contributed by atoms with Crippen molar-refractivity contribution >= 4 is 26.7 Å². The highest BCUT2D eigenvalue weighted by Crippen LogP contribution is 2.35. The lowest BCUT2D eigenvalue weighted by atomic mass is 10.2. The Balaban J connectivity index is 1.91. The number of nitrogens with zero attached hydrogens (tertiary/aromatic N) is 2. The molecule has 0 aliphatic heterocycles. The van der Waals surface area contributed by atoms with Crippen molar-refractivity contribution in [1.29, 1.82) is 0 Å². The van der Waals surface area contributed by atoms with Gasteiger partial charge in [-0.3, -0.25) is 14.3 Å². The van der Waals surface area contributed by atoms with Crippen LogP contribution in [0.5, 0.6) is 17.2 Å². The molecular weight excluding hydrogens is 470 g/mol. The number of rotatable bonds is 6. The molecule has 4 rings (SSSR count). The SMILES string of the molecule is COc1ccc(Oc2cc3c(cc2NS(=O)(=O)c2cc(C)cc(C)c2)n(C)c(=O)c(=O)n3C)cc1. The fourth-order valence-corrected chi connectivity index (χ4v) is 5.08. The quantitative estimate of drug-likeness (QED) is 0.411. The van der Waals surface area contributed by atoms with Crippen molar-refractivity contribution in [3.8, 4) is 17.2 Å². The minimum Gasteiger partial charge on any atom is -0.497 e. The van der Waals surface area contributed by atoms with Gasteiger partial charge in [-0.15, -0.1) is 0 Å². The standard InChI is InChI=1S/C25H25N3O6S/c1-15-10-16(2)12-19(11-15)35(31,32)26-20-13-21-22(28(4)25(30)24(29)27(21)3)14-23(20)34-18-8-6-17(33-5)7-9-18/h6-14,26H,1-5H3. The Morgan fingerprint density at radius 1 is 0.771 bits per heavy atom. The number of fused-ring (bicyclic) bond motifs is 1. The van der Waals surface area contributed by atoms with Gasteiger partial charge >= 0.3 is 11.1 Å². The molecule has 10 heteroatoms. The molecule has 0 aliphatic carbocycles. The lowest BCUT2D eigenvalue weighted by Gasteiger charge is -2.17. The number of aryl methyl sites for hydroxylation is 4. The van der Waals surface area contributed by atoms with Crippen molar-refractivity contribution < 1.29 is 17.9 Å². The second-order valence-corrected chi connectivity index (χ2v) is 9.95. The highest BCUT2D eigenvalue weighted by Gasteiger charge is 2.21. The summed E-state index contributed by atoms with van der Waals surface area (Å²) in [6.45, 7) is 3.63. The van der Waals surface area contributed by atoms with Crippen molar-refractivity contribution in [1.82, 2.24) is 9.13 Å². The van der Waals surface area contributed by atoms with E-state index in [9.17, 15) is 18.0 Å². The molecule has 1 N–H and O–H groups in total. The molecule has 4 aromatic rings. The second-order valence-electron chi connectivity index (χ2n) is 8.27. The van der Waals surface area contributed by atoms with Gasteiger partial charge < -0.3 is 18.6 Å². The summed E-state index contributed by atoms with van der Waals surface area (Å²) in [5.41, 5.74) is 1.03. The van der Waals surface area contributed by atoms with Crippen molar-refractivity contribution in [3.05, 3.63) is 86.4 Å². The summed E-state index contributed by atoms with van der Waals surface area (Å²) in [5, 5.41) is 0. The van der Waals surface area contributed by atoms with Gasteiger partial charge in [0.25, 0.3) is 10.0 Å². The molecule has 9 nitrogen and oxygen atoms in total. The Morgan fingerprint density at radius 3 is 1.83 bits per heavy atom. The first-order valence-electron chi connectivity index (χ1n) is 10.7. The fraction of sp³-hybridized carbons (Fsp3) is 0.200. The average Bonchev–Trinajstić information content (AvgIpc) is 2.82. The minimum absolute atomic E-state index is 0.0971. The summed E-state index contributed by atoms with van der Waals surface area (Å²) in [7, 11) is 0.477. The smallest absolute Gasteiger partial charge is 0.316 e. The van der Waals surface area contributed by atoms with Crippen LogP contribution in [0.25, 0.3) is 11.0 Å². The Morgan fingerprint density at radius 2 is 1.29 bits per heavy atom. The number of ether oxygens (including phenoxy) is 2. The van der Waals surface area contributed by atoms with E-state index in [2.05, 4.69) is 4.72 Å². The predicted molar refractivity (Wildman–Crippen MR) is 134 cm³/mol. The van der Waals surface area contributed by atoms with Crippen LogP contribution in [0.2, 0.25) is 0 Å². The van der Waals surface area contributed by atoms with Crippen molar-refractivity contribution in [2.24, 2.45) is 14.1 Å². The zero-order chi connectivity index (χ0) is 25.5. The van der Waals surface area contributed by atoms with Crippen LogP contribution < -0.4 is 25.3 Å². The lowest BCUT2D eigenvalue weighted by molar-refractivity contribution is 0.413. The molecule has 0 spiro atoms. The van der Waals surface area contributed by atoms with Gasteiger partial charge in [-0.25, -0.2) is 8.42 Å². The van der Waals surface area contributed by atoms with Crippen LogP contribution in [0.15, 0.2) is 69.1 Å². The van der Waals surface area contributed by atoms with E-state index >= 15 is 0 Å². The number of hydrogen-bond acceptors (Lipinski definition) is 6. The Bertz CT molecular complexity index is 1650. The first kappa shape index (κ1) is 24.1. The van der Waals surface area contributed by atoms with Crippen LogP contribution in [0, 0.1) is 13.8 Å². The number of aromatic nitrogens is 2. The number of hydrogen-bond donors (Lipinski definition) is 1. The topological polar surface area (TPSA) is 109 Å². The molecule has 0 bridgehead atoms. The Hall–Kier alpha value is -4.05. The zero-order valence-electron chi connectivity index (χ0n) is 19.9. The monoisotopic (exact) mass is 495 g/mol. The van der Waals surface area contributed by atoms with Gasteiger partial charge in [-0.05, 0) is 67.4 Å². The highest BCUT2D eigenvalue weighted by atomic mass is 32.2. The van der Waals surface area contributed by atoms with E-state index in [1.165, 1.54) is 35.4 Å². The third kappa shape index (κ3) is 4.65. The van der Waals surface area contributed by atoms with E-state index in [0.29, 0.717) is 22.5 Å². The molecule has 1 aromatic heterocycles. The number of sulfonamides is 1. The molecule has 0 unspecified atom stereocenters. The maximum Gasteiger partial charge on any atom is 0.316 e. The van der Waals surface area contributed by atoms with Gasteiger partial charge in [-0.1, -0.05) is 6.07 Å². The van der Waals surface area contributed by atoms with Crippen LogP contribution in [-0.2, 0) is 24.1 Å². The van der Waals surface area contributed by atoms with E-state index < -0.39 is 21.1 Å². The van der Waals surface area contributed by atoms with Crippen molar-refractivity contribution in [3.63, 3.8) is 0 Å². The first-order chi connectivity index (χ1) is 16.5. The average molecular weight is 496 g/mol. The number of nitrogens with one attached hydrogen (secondary N) is 1. The zero-order valence-corrected chi connectivity index (χ0v) is 20.8. The summed E-state index contributed by atoms with van der Waals surface area (Å²) in [5.74, 6) is 1.21. The Labute approximate surface area is 202 Å². The molecule has 0 atom stereocenters. The van der Waals surface area contributed by atoms with Crippen LogP contribution >= 0.6 is 0 Å². The van der Waals surface area contributed by atoms with Crippen LogP contribution in [-0.4, -0.2) is 24.7 Å². The van der Waals surface area contributed by atoms with Gasteiger partial charge in [0.1, 0.15) is 11.5 Å². The molecule has 3 aromatic carbocycles. The van der Waals surface area contributed by atoms with Gasteiger partial charge in [0.2, 0.25) is 0 Å². The fourth-order valence-electron chi connectivity index (χ4n) is 3.83. The number of benzene rings is 3.